The smallest absolute Gasteiger partial charge is 0.123 e. The second-order valence-electron chi connectivity index (χ2n) is 4.53. The van der Waals surface area contributed by atoms with Crippen LogP contribution in [0.15, 0.2) is 42.5 Å². The minimum atomic E-state index is -0.316. The maximum absolute atomic E-state index is 13.3. The van der Waals surface area contributed by atoms with E-state index >= 15 is 0 Å². The van der Waals surface area contributed by atoms with Crippen molar-refractivity contribution in [1.82, 2.24) is 0 Å². The van der Waals surface area contributed by atoms with E-state index in [1.165, 1.54) is 24.3 Å². The molecule has 0 aromatic heterocycles. The SMILES string of the molecule is C[C@H](N)c1cc(F)ccc1N(C)c1ccc(F)cc1. The van der Waals surface area contributed by atoms with Gasteiger partial charge in [0.25, 0.3) is 0 Å². The molecule has 0 amide bonds. The van der Waals surface area contributed by atoms with Crippen molar-refractivity contribution in [3.63, 3.8) is 0 Å². The van der Waals surface area contributed by atoms with Gasteiger partial charge >= 0.3 is 0 Å². The zero-order valence-corrected chi connectivity index (χ0v) is 10.9. The summed E-state index contributed by atoms with van der Waals surface area (Å²) < 4.78 is 26.2. The highest BCUT2D eigenvalue weighted by Gasteiger charge is 2.13. The van der Waals surface area contributed by atoms with Gasteiger partial charge in [0.05, 0.1) is 0 Å². The van der Waals surface area contributed by atoms with Crippen LogP contribution < -0.4 is 10.6 Å². The molecule has 4 heteroatoms. The molecule has 0 aliphatic heterocycles. The van der Waals surface area contributed by atoms with Crippen molar-refractivity contribution < 1.29 is 8.78 Å². The predicted molar refractivity (Wildman–Crippen MR) is 73.5 cm³/mol. The molecule has 2 aromatic carbocycles. The lowest BCUT2D eigenvalue weighted by molar-refractivity contribution is 0.622. The molecule has 0 radical (unpaired) electrons. The number of rotatable bonds is 3. The fourth-order valence-corrected chi connectivity index (χ4v) is 2.00. The van der Waals surface area contributed by atoms with E-state index in [4.69, 9.17) is 5.73 Å². The van der Waals surface area contributed by atoms with Crippen LogP contribution in [-0.2, 0) is 0 Å². The molecular formula is C15H16F2N2. The maximum Gasteiger partial charge on any atom is 0.123 e. The van der Waals surface area contributed by atoms with Crippen molar-refractivity contribution in [2.75, 3.05) is 11.9 Å². The quantitative estimate of drug-likeness (QED) is 0.912. The molecule has 0 spiro atoms. The van der Waals surface area contributed by atoms with E-state index in [1.807, 2.05) is 11.9 Å². The maximum atomic E-state index is 13.3. The van der Waals surface area contributed by atoms with Crippen LogP contribution in [0.1, 0.15) is 18.5 Å². The third kappa shape index (κ3) is 2.90. The van der Waals surface area contributed by atoms with Crippen molar-refractivity contribution in [3.8, 4) is 0 Å². The highest BCUT2D eigenvalue weighted by molar-refractivity contribution is 5.66. The Balaban J connectivity index is 2.43. The summed E-state index contributed by atoms with van der Waals surface area (Å²) in [5.74, 6) is -0.604. The molecule has 0 aliphatic carbocycles. The van der Waals surface area contributed by atoms with E-state index in [0.29, 0.717) is 5.56 Å². The Morgan fingerprint density at radius 2 is 1.58 bits per heavy atom. The number of halogens is 2. The fourth-order valence-electron chi connectivity index (χ4n) is 2.00. The molecular weight excluding hydrogens is 246 g/mol. The van der Waals surface area contributed by atoms with Crippen LogP contribution in [-0.4, -0.2) is 7.05 Å². The van der Waals surface area contributed by atoms with Crippen LogP contribution >= 0.6 is 0 Å². The molecule has 100 valence electrons. The summed E-state index contributed by atoms with van der Waals surface area (Å²) in [7, 11) is 1.84. The number of hydrogen-bond donors (Lipinski definition) is 1. The summed E-state index contributed by atoms with van der Waals surface area (Å²) in [6, 6.07) is 10.3. The zero-order chi connectivity index (χ0) is 14.0. The van der Waals surface area contributed by atoms with Gasteiger partial charge in [0, 0.05) is 24.5 Å². The van der Waals surface area contributed by atoms with Crippen LogP contribution in [0, 0.1) is 11.6 Å². The first-order valence-corrected chi connectivity index (χ1v) is 6.03. The molecule has 2 aromatic rings. The number of benzene rings is 2. The summed E-state index contributed by atoms with van der Waals surface area (Å²) in [4.78, 5) is 1.86. The number of hydrogen-bond acceptors (Lipinski definition) is 2. The highest BCUT2D eigenvalue weighted by atomic mass is 19.1. The van der Waals surface area contributed by atoms with Gasteiger partial charge in [-0.3, -0.25) is 0 Å². The minimum Gasteiger partial charge on any atom is -0.344 e. The number of anilines is 2. The molecule has 0 saturated carbocycles. The lowest BCUT2D eigenvalue weighted by Gasteiger charge is -2.24. The molecule has 2 rings (SSSR count). The highest BCUT2D eigenvalue weighted by Crippen LogP contribution is 2.30. The zero-order valence-electron chi connectivity index (χ0n) is 10.9. The summed E-state index contributed by atoms with van der Waals surface area (Å²) in [6.07, 6.45) is 0. The van der Waals surface area contributed by atoms with E-state index in [2.05, 4.69) is 0 Å². The predicted octanol–water partition coefficient (Wildman–Crippen LogP) is 3.75. The van der Waals surface area contributed by atoms with Crippen molar-refractivity contribution in [3.05, 3.63) is 59.7 Å². The molecule has 0 saturated heterocycles. The molecule has 0 unspecified atom stereocenters. The Hall–Kier alpha value is -1.94. The first-order chi connectivity index (χ1) is 8.99. The van der Waals surface area contributed by atoms with Crippen molar-refractivity contribution in [2.45, 2.75) is 13.0 Å². The summed E-state index contributed by atoms with van der Waals surface area (Å²) in [5, 5.41) is 0. The summed E-state index contributed by atoms with van der Waals surface area (Å²) in [6.45, 7) is 1.80. The first-order valence-electron chi connectivity index (χ1n) is 6.03. The van der Waals surface area contributed by atoms with E-state index in [1.54, 1.807) is 25.1 Å². The molecule has 19 heavy (non-hydrogen) atoms. The molecule has 2 N–H and O–H groups in total. The van der Waals surface area contributed by atoms with E-state index in [9.17, 15) is 8.78 Å². The van der Waals surface area contributed by atoms with Gasteiger partial charge in [-0.15, -0.1) is 0 Å². The molecule has 0 heterocycles. The van der Waals surface area contributed by atoms with E-state index in [-0.39, 0.29) is 17.7 Å². The third-order valence-electron chi connectivity index (χ3n) is 3.06. The normalized spacial score (nSPS) is 12.3. The van der Waals surface area contributed by atoms with Crippen LogP contribution in [0.2, 0.25) is 0 Å². The lowest BCUT2D eigenvalue weighted by Crippen LogP contribution is -2.16. The number of nitrogens with zero attached hydrogens (tertiary/aromatic N) is 1. The van der Waals surface area contributed by atoms with Gasteiger partial charge in [0.2, 0.25) is 0 Å². The molecule has 1 atom stereocenters. The van der Waals surface area contributed by atoms with Gasteiger partial charge in [-0.25, -0.2) is 8.78 Å². The summed E-state index contributed by atoms with van der Waals surface area (Å²) >= 11 is 0. The van der Waals surface area contributed by atoms with Gasteiger partial charge in [0.15, 0.2) is 0 Å². The standard InChI is InChI=1S/C15H16F2N2/c1-10(18)14-9-12(17)5-8-15(14)19(2)13-6-3-11(16)4-7-13/h3-10H,18H2,1-2H3/t10-/m0/s1. The van der Waals surface area contributed by atoms with Crippen LogP contribution in [0.5, 0.6) is 0 Å². The van der Waals surface area contributed by atoms with Gasteiger partial charge in [-0.05, 0) is 55.0 Å². The Kier molecular flexibility index (Phi) is 3.81. The Morgan fingerprint density at radius 1 is 1.00 bits per heavy atom. The largest absolute Gasteiger partial charge is 0.344 e. The van der Waals surface area contributed by atoms with Crippen molar-refractivity contribution in [1.29, 1.82) is 0 Å². The molecule has 0 fully saturated rings. The van der Waals surface area contributed by atoms with Crippen LogP contribution in [0.25, 0.3) is 0 Å². The first kappa shape index (κ1) is 13.5. The van der Waals surface area contributed by atoms with Gasteiger partial charge in [0.1, 0.15) is 11.6 Å². The fraction of sp³-hybridized carbons (Fsp3) is 0.200. The van der Waals surface area contributed by atoms with Crippen LogP contribution in [0.4, 0.5) is 20.2 Å². The second-order valence-corrected chi connectivity index (χ2v) is 4.53. The van der Waals surface area contributed by atoms with Gasteiger partial charge < -0.3 is 10.6 Å². The number of nitrogens with two attached hydrogens (primary N) is 1. The Labute approximate surface area is 111 Å². The topological polar surface area (TPSA) is 29.3 Å². The van der Waals surface area contributed by atoms with Crippen LogP contribution in [0.3, 0.4) is 0 Å². The Bertz CT molecular complexity index is 565. The molecule has 0 aliphatic rings. The molecule has 2 nitrogen and oxygen atoms in total. The molecule has 0 bridgehead atoms. The lowest BCUT2D eigenvalue weighted by atomic mass is 10.1. The van der Waals surface area contributed by atoms with Crippen molar-refractivity contribution in [2.24, 2.45) is 5.73 Å². The summed E-state index contributed by atoms with van der Waals surface area (Å²) in [5.41, 5.74) is 8.21. The second kappa shape index (κ2) is 5.36. The van der Waals surface area contributed by atoms with E-state index < -0.39 is 0 Å². The van der Waals surface area contributed by atoms with E-state index in [0.717, 1.165) is 11.4 Å². The van der Waals surface area contributed by atoms with Crippen molar-refractivity contribution >= 4 is 11.4 Å². The van der Waals surface area contributed by atoms with Gasteiger partial charge in [-0.1, -0.05) is 0 Å². The Morgan fingerprint density at radius 3 is 2.16 bits per heavy atom. The average Bonchev–Trinajstić information content (AvgIpc) is 2.38. The third-order valence-corrected chi connectivity index (χ3v) is 3.06. The van der Waals surface area contributed by atoms with Gasteiger partial charge in [-0.2, -0.15) is 0 Å². The monoisotopic (exact) mass is 262 g/mol. The average molecular weight is 262 g/mol. The minimum absolute atomic E-state index is 0.284.